The highest BCUT2D eigenvalue weighted by Crippen LogP contribution is 2.15. The molecule has 1 fully saturated rings. The Bertz CT molecular complexity index is 587. The molecular formula is C20H22O4. The van der Waals surface area contributed by atoms with E-state index < -0.39 is 0 Å². The third-order valence-electron chi connectivity index (χ3n) is 3.46. The normalized spacial score (nSPS) is 12.3. The predicted molar refractivity (Wildman–Crippen MR) is 90.6 cm³/mol. The number of benzene rings is 2. The van der Waals surface area contributed by atoms with Gasteiger partial charge in [0.05, 0.1) is 5.56 Å². The van der Waals surface area contributed by atoms with Gasteiger partial charge < -0.3 is 4.74 Å². The maximum Gasteiger partial charge on any atom is 0.373 e. The molecule has 0 radical (unpaired) electrons. The van der Waals surface area contributed by atoms with Crippen LogP contribution >= 0.6 is 0 Å². The Balaban J connectivity index is 0.000000265. The number of carbonyl (C=O) groups is 1. The van der Waals surface area contributed by atoms with Gasteiger partial charge in [-0.2, -0.15) is 9.59 Å². The minimum Gasteiger partial charge on any atom is -0.423 e. The van der Waals surface area contributed by atoms with Gasteiger partial charge in [-0.25, -0.2) is 4.79 Å². The number of ether oxygens (including phenoxy) is 1. The van der Waals surface area contributed by atoms with Crippen LogP contribution in [0.25, 0.3) is 0 Å². The van der Waals surface area contributed by atoms with Gasteiger partial charge in [0, 0.05) is 0 Å². The molecule has 0 bridgehead atoms. The maximum atomic E-state index is 11.6. The van der Waals surface area contributed by atoms with Crippen molar-refractivity contribution in [3.63, 3.8) is 0 Å². The summed E-state index contributed by atoms with van der Waals surface area (Å²) in [5.41, 5.74) is 0.557. The predicted octanol–water partition coefficient (Wildman–Crippen LogP) is 4.66. The topological polar surface area (TPSA) is 60.4 Å². The number of para-hydroxylation sites is 1. The van der Waals surface area contributed by atoms with Crippen LogP contribution in [0.3, 0.4) is 0 Å². The van der Waals surface area contributed by atoms with Crippen molar-refractivity contribution >= 4 is 12.1 Å². The van der Waals surface area contributed by atoms with Crippen molar-refractivity contribution in [2.24, 2.45) is 0 Å². The van der Waals surface area contributed by atoms with E-state index >= 15 is 0 Å². The van der Waals surface area contributed by atoms with Crippen LogP contribution in [0, 0.1) is 0 Å². The molecular weight excluding hydrogens is 304 g/mol. The monoisotopic (exact) mass is 326 g/mol. The Labute approximate surface area is 142 Å². The summed E-state index contributed by atoms with van der Waals surface area (Å²) in [6.45, 7) is 0. The molecule has 1 aliphatic rings. The van der Waals surface area contributed by atoms with Crippen LogP contribution in [0.1, 0.15) is 48.9 Å². The maximum absolute atomic E-state index is 11.6. The number of esters is 1. The molecule has 1 saturated carbocycles. The van der Waals surface area contributed by atoms with Gasteiger partial charge in [-0.05, 0) is 24.3 Å². The lowest BCUT2D eigenvalue weighted by atomic mass is 10.0. The van der Waals surface area contributed by atoms with Crippen molar-refractivity contribution in [3.8, 4) is 5.75 Å². The largest absolute Gasteiger partial charge is 0.423 e. The van der Waals surface area contributed by atoms with Crippen LogP contribution < -0.4 is 4.74 Å². The van der Waals surface area contributed by atoms with Crippen molar-refractivity contribution in [1.82, 2.24) is 0 Å². The quantitative estimate of drug-likeness (QED) is 0.594. The molecule has 4 nitrogen and oxygen atoms in total. The lowest BCUT2D eigenvalue weighted by molar-refractivity contribution is -0.191. The first kappa shape index (κ1) is 19.3. The van der Waals surface area contributed by atoms with Crippen LogP contribution in [0.15, 0.2) is 60.7 Å². The van der Waals surface area contributed by atoms with E-state index in [0.29, 0.717) is 11.3 Å². The fourth-order valence-corrected chi connectivity index (χ4v) is 2.29. The van der Waals surface area contributed by atoms with Crippen LogP contribution in [0.5, 0.6) is 5.75 Å². The van der Waals surface area contributed by atoms with Crippen LogP contribution in [0.2, 0.25) is 0 Å². The van der Waals surface area contributed by atoms with E-state index in [-0.39, 0.29) is 12.1 Å². The number of hydrogen-bond acceptors (Lipinski definition) is 4. The summed E-state index contributed by atoms with van der Waals surface area (Å²) in [6, 6.07) is 18.0. The average Bonchev–Trinajstić information content (AvgIpc) is 2.66. The van der Waals surface area contributed by atoms with E-state index in [2.05, 4.69) is 0 Å². The standard InChI is InChI=1S/C13H10O2.C6H12.CO2/c14-13(11-7-3-1-4-8-11)15-12-9-5-2-6-10-12;1-2-4-6-5-3-1;2-1-3/h1-10H;1-6H2;. The molecule has 126 valence electrons. The molecule has 0 unspecified atom stereocenters. The van der Waals surface area contributed by atoms with E-state index in [1.54, 1.807) is 24.3 Å². The second-order valence-electron chi connectivity index (χ2n) is 5.27. The van der Waals surface area contributed by atoms with Crippen LogP contribution in [-0.2, 0) is 9.59 Å². The summed E-state index contributed by atoms with van der Waals surface area (Å²) < 4.78 is 5.16. The van der Waals surface area contributed by atoms with Gasteiger partial charge >= 0.3 is 12.1 Å². The molecule has 0 heterocycles. The zero-order chi connectivity index (χ0) is 17.5. The highest BCUT2D eigenvalue weighted by molar-refractivity contribution is 5.90. The van der Waals surface area contributed by atoms with E-state index in [1.165, 1.54) is 38.5 Å². The third-order valence-corrected chi connectivity index (χ3v) is 3.46. The smallest absolute Gasteiger partial charge is 0.373 e. The highest BCUT2D eigenvalue weighted by atomic mass is 16.5. The van der Waals surface area contributed by atoms with Crippen LogP contribution in [-0.4, -0.2) is 12.1 Å². The van der Waals surface area contributed by atoms with Gasteiger partial charge in [0.25, 0.3) is 0 Å². The van der Waals surface area contributed by atoms with E-state index in [9.17, 15) is 4.79 Å². The first-order chi connectivity index (χ1) is 11.8. The fourth-order valence-electron chi connectivity index (χ4n) is 2.29. The van der Waals surface area contributed by atoms with Gasteiger partial charge in [0.2, 0.25) is 0 Å². The molecule has 0 amide bonds. The van der Waals surface area contributed by atoms with Crippen molar-refractivity contribution in [2.75, 3.05) is 0 Å². The Morgan fingerprint density at radius 1 is 0.708 bits per heavy atom. The SMILES string of the molecule is C1CCCCC1.O=C(Oc1ccccc1)c1ccccc1.O=C=O. The zero-order valence-corrected chi connectivity index (χ0v) is 13.6. The molecule has 2 aromatic carbocycles. The lowest BCUT2D eigenvalue weighted by Crippen LogP contribution is -2.07. The van der Waals surface area contributed by atoms with Gasteiger partial charge in [-0.3, -0.25) is 0 Å². The highest BCUT2D eigenvalue weighted by Gasteiger charge is 2.06. The molecule has 0 atom stereocenters. The molecule has 2 aromatic rings. The van der Waals surface area contributed by atoms with Gasteiger partial charge in [0.1, 0.15) is 5.75 Å². The molecule has 4 heteroatoms. The Kier molecular flexibility index (Phi) is 10.3. The molecule has 24 heavy (non-hydrogen) atoms. The fraction of sp³-hybridized carbons (Fsp3) is 0.300. The summed E-state index contributed by atoms with van der Waals surface area (Å²) in [5.74, 6) is 0.230. The molecule has 0 aromatic heterocycles. The first-order valence-electron chi connectivity index (χ1n) is 8.09. The molecule has 3 rings (SSSR count). The van der Waals surface area contributed by atoms with Crippen molar-refractivity contribution in [3.05, 3.63) is 66.2 Å². The van der Waals surface area contributed by atoms with Gasteiger partial charge in [-0.1, -0.05) is 74.9 Å². The summed E-state index contributed by atoms with van der Waals surface area (Å²) in [5, 5.41) is 0. The molecule has 1 aliphatic carbocycles. The summed E-state index contributed by atoms with van der Waals surface area (Å²) in [4.78, 5) is 27.8. The summed E-state index contributed by atoms with van der Waals surface area (Å²) in [7, 11) is 0. The number of rotatable bonds is 2. The van der Waals surface area contributed by atoms with Crippen molar-refractivity contribution < 1.29 is 19.1 Å². The number of carbonyl (C=O) groups excluding carboxylic acids is 3. The molecule has 0 N–H and O–H groups in total. The minimum absolute atomic E-state index is 0.250. The molecule has 0 aliphatic heterocycles. The number of hydrogen-bond donors (Lipinski definition) is 0. The lowest BCUT2D eigenvalue weighted by Gasteiger charge is -2.05. The van der Waals surface area contributed by atoms with Crippen LogP contribution in [0.4, 0.5) is 0 Å². The summed E-state index contributed by atoms with van der Waals surface area (Å²) >= 11 is 0. The Hall–Kier alpha value is -2.71. The Morgan fingerprint density at radius 3 is 1.50 bits per heavy atom. The summed E-state index contributed by atoms with van der Waals surface area (Å²) in [6.07, 6.45) is 9.25. The van der Waals surface area contributed by atoms with E-state index in [4.69, 9.17) is 14.3 Å². The average molecular weight is 326 g/mol. The van der Waals surface area contributed by atoms with E-state index in [0.717, 1.165) is 0 Å². The zero-order valence-electron chi connectivity index (χ0n) is 13.6. The Morgan fingerprint density at radius 2 is 1.08 bits per heavy atom. The van der Waals surface area contributed by atoms with Crippen molar-refractivity contribution in [2.45, 2.75) is 38.5 Å². The second-order valence-corrected chi connectivity index (χ2v) is 5.27. The third kappa shape index (κ3) is 8.66. The molecule has 0 saturated heterocycles. The first-order valence-corrected chi connectivity index (χ1v) is 8.09. The van der Waals surface area contributed by atoms with E-state index in [1.807, 2.05) is 36.4 Å². The van der Waals surface area contributed by atoms with Gasteiger partial charge in [-0.15, -0.1) is 0 Å². The van der Waals surface area contributed by atoms with Gasteiger partial charge in [0.15, 0.2) is 0 Å². The second kappa shape index (κ2) is 12.8. The molecule has 0 spiro atoms. The minimum atomic E-state index is -0.332. The van der Waals surface area contributed by atoms with Crippen molar-refractivity contribution in [1.29, 1.82) is 0 Å².